The molecule has 0 saturated carbocycles. The summed E-state index contributed by atoms with van der Waals surface area (Å²) in [6.07, 6.45) is 0.906. The van der Waals surface area contributed by atoms with Gasteiger partial charge in [-0.25, -0.2) is 4.68 Å². The average Bonchev–Trinajstić information content (AvgIpc) is 2.73. The van der Waals surface area contributed by atoms with Crippen LogP contribution in [-0.2, 0) is 11.3 Å². The van der Waals surface area contributed by atoms with Crippen LogP contribution in [0.4, 0.5) is 11.5 Å². The lowest BCUT2D eigenvalue weighted by Crippen LogP contribution is -2.43. The highest BCUT2D eigenvalue weighted by Gasteiger charge is 2.26. The van der Waals surface area contributed by atoms with Gasteiger partial charge in [0.2, 0.25) is 5.82 Å². The number of ether oxygens (including phenoxy) is 1. The summed E-state index contributed by atoms with van der Waals surface area (Å²) in [5.41, 5.74) is 0.505. The molecular weight excluding hydrogens is 274 g/mol. The molecule has 0 bridgehead atoms. The molecule has 1 atom stereocenters. The zero-order valence-corrected chi connectivity index (χ0v) is 12.8. The van der Waals surface area contributed by atoms with Gasteiger partial charge >= 0.3 is 5.69 Å². The van der Waals surface area contributed by atoms with Crippen molar-refractivity contribution < 1.29 is 9.66 Å². The molecule has 21 heavy (non-hydrogen) atoms. The molecule has 0 amide bonds. The normalized spacial score (nSPS) is 19.7. The van der Waals surface area contributed by atoms with E-state index in [0.29, 0.717) is 31.2 Å². The van der Waals surface area contributed by atoms with Crippen molar-refractivity contribution in [2.24, 2.45) is 0 Å². The third-order valence-electron chi connectivity index (χ3n) is 3.55. The molecule has 0 spiro atoms. The van der Waals surface area contributed by atoms with Crippen molar-refractivity contribution >= 4 is 11.5 Å². The van der Waals surface area contributed by atoms with E-state index in [9.17, 15) is 10.1 Å². The fourth-order valence-electron chi connectivity index (χ4n) is 2.54. The second-order valence-corrected chi connectivity index (χ2v) is 5.40. The highest BCUT2D eigenvalue weighted by Crippen LogP contribution is 2.28. The number of morpholine rings is 1. The molecular formula is C13H23N5O3. The van der Waals surface area contributed by atoms with E-state index < -0.39 is 0 Å². The highest BCUT2D eigenvalue weighted by molar-refractivity contribution is 5.59. The summed E-state index contributed by atoms with van der Waals surface area (Å²) in [6.45, 7) is 7.32. The smallest absolute Gasteiger partial charge is 0.333 e. The minimum absolute atomic E-state index is 0.0358. The molecule has 0 aromatic carbocycles. The highest BCUT2D eigenvalue weighted by atomic mass is 16.6. The molecule has 1 unspecified atom stereocenters. The molecule has 8 nitrogen and oxygen atoms in total. The van der Waals surface area contributed by atoms with Gasteiger partial charge in [-0.15, -0.1) is 0 Å². The van der Waals surface area contributed by atoms with E-state index in [-0.39, 0.29) is 16.7 Å². The number of nitrogens with zero attached hydrogens (tertiary/aromatic N) is 4. The average molecular weight is 297 g/mol. The van der Waals surface area contributed by atoms with Gasteiger partial charge in [0.15, 0.2) is 0 Å². The minimum Gasteiger partial charge on any atom is -0.374 e. The lowest BCUT2D eigenvalue weighted by Gasteiger charge is -2.30. The van der Waals surface area contributed by atoms with Crippen LogP contribution >= 0.6 is 0 Å². The van der Waals surface area contributed by atoms with Crippen molar-refractivity contribution in [1.82, 2.24) is 14.7 Å². The van der Waals surface area contributed by atoms with Gasteiger partial charge in [-0.1, -0.05) is 6.92 Å². The maximum atomic E-state index is 11.2. The molecule has 1 N–H and O–H groups in total. The van der Waals surface area contributed by atoms with E-state index in [4.69, 9.17) is 4.74 Å². The number of aromatic nitrogens is 2. The SMILES string of the molecule is CCCn1nc(C)c([N+](=O)[O-])c1NCC1CN(C)CCO1. The topological polar surface area (TPSA) is 85.5 Å². The fourth-order valence-corrected chi connectivity index (χ4v) is 2.54. The number of nitrogens with one attached hydrogen (secondary N) is 1. The maximum absolute atomic E-state index is 11.2. The van der Waals surface area contributed by atoms with Crippen molar-refractivity contribution in [2.75, 3.05) is 38.6 Å². The van der Waals surface area contributed by atoms with E-state index in [1.807, 2.05) is 14.0 Å². The first-order chi connectivity index (χ1) is 10.0. The van der Waals surface area contributed by atoms with Gasteiger partial charge in [-0.2, -0.15) is 5.10 Å². The molecule has 0 radical (unpaired) electrons. The molecule has 1 aliphatic rings. The van der Waals surface area contributed by atoms with Crippen LogP contribution in [0.25, 0.3) is 0 Å². The Morgan fingerprint density at radius 2 is 2.33 bits per heavy atom. The van der Waals surface area contributed by atoms with Crippen molar-refractivity contribution in [1.29, 1.82) is 0 Å². The van der Waals surface area contributed by atoms with Crippen molar-refractivity contribution in [3.8, 4) is 0 Å². The van der Waals surface area contributed by atoms with Gasteiger partial charge in [0.05, 0.1) is 17.6 Å². The van der Waals surface area contributed by atoms with Gasteiger partial charge in [0.1, 0.15) is 5.69 Å². The Balaban J connectivity index is 2.11. The van der Waals surface area contributed by atoms with Gasteiger partial charge in [-0.05, 0) is 20.4 Å². The summed E-state index contributed by atoms with van der Waals surface area (Å²) < 4.78 is 7.35. The number of rotatable bonds is 6. The van der Waals surface area contributed by atoms with Crippen molar-refractivity contribution in [3.05, 3.63) is 15.8 Å². The molecule has 1 aromatic rings. The van der Waals surface area contributed by atoms with E-state index in [1.54, 1.807) is 11.6 Å². The first-order valence-corrected chi connectivity index (χ1v) is 7.28. The van der Waals surface area contributed by atoms with Crippen LogP contribution in [0.2, 0.25) is 0 Å². The van der Waals surface area contributed by atoms with Crippen LogP contribution in [0.3, 0.4) is 0 Å². The standard InChI is InChI=1S/C13H23N5O3/c1-4-5-17-13(12(18(19)20)10(2)15-17)14-8-11-9-16(3)6-7-21-11/h11,14H,4-9H2,1-3H3. The van der Waals surface area contributed by atoms with Crippen LogP contribution in [-0.4, -0.2) is 59.0 Å². The maximum Gasteiger partial charge on any atom is 0.333 e. The van der Waals surface area contributed by atoms with E-state index >= 15 is 0 Å². The predicted molar refractivity (Wildman–Crippen MR) is 79.6 cm³/mol. The number of likely N-dealkylation sites (N-methyl/N-ethyl adjacent to an activating group) is 1. The molecule has 1 aromatic heterocycles. The summed E-state index contributed by atoms with van der Waals surface area (Å²) in [5.74, 6) is 0.483. The molecule has 1 fully saturated rings. The molecule has 1 aliphatic heterocycles. The summed E-state index contributed by atoms with van der Waals surface area (Å²) in [7, 11) is 2.05. The summed E-state index contributed by atoms with van der Waals surface area (Å²) in [5, 5.41) is 18.7. The largest absolute Gasteiger partial charge is 0.374 e. The van der Waals surface area contributed by atoms with Crippen LogP contribution in [0.15, 0.2) is 0 Å². The third-order valence-corrected chi connectivity index (χ3v) is 3.55. The van der Waals surface area contributed by atoms with Crippen LogP contribution in [0.1, 0.15) is 19.0 Å². The molecule has 2 heterocycles. The second kappa shape index (κ2) is 6.86. The molecule has 2 rings (SSSR count). The first kappa shape index (κ1) is 15.7. The Morgan fingerprint density at radius 3 is 2.95 bits per heavy atom. The minimum atomic E-state index is -0.370. The summed E-state index contributed by atoms with van der Waals surface area (Å²) in [4.78, 5) is 13.1. The van der Waals surface area contributed by atoms with Crippen LogP contribution < -0.4 is 5.32 Å². The Hall–Kier alpha value is -1.67. The molecule has 0 aliphatic carbocycles. The lowest BCUT2D eigenvalue weighted by atomic mass is 10.2. The van der Waals surface area contributed by atoms with Crippen molar-refractivity contribution in [2.45, 2.75) is 32.9 Å². The summed E-state index contributed by atoms with van der Waals surface area (Å²) in [6, 6.07) is 0. The zero-order valence-electron chi connectivity index (χ0n) is 12.8. The molecule has 8 heteroatoms. The third kappa shape index (κ3) is 3.70. The quantitative estimate of drug-likeness (QED) is 0.628. The number of anilines is 1. The number of nitro groups is 1. The van der Waals surface area contributed by atoms with Gasteiger partial charge in [-0.3, -0.25) is 10.1 Å². The Labute approximate surface area is 124 Å². The van der Waals surface area contributed by atoms with E-state index in [1.165, 1.54) is 0 Å². The number of hydrogen-bond donors (Lipinski definition) is 1. The predicted octanol–water partition coefficient (Wildman–Crippen LogP) is 1.25. The zero-order chi connectivity index (χ0) is 15.4. The fraction of sp³-hybridized carbons (Fsp3) is 0.769. The lowest BCUT2D eigenvalue weighted by molar-refractivity contribution is -0.384. The Morgan fingerprint density at radius 1 is 1.57 bits per heavy atom. The van der Waals surface area contributed by atoms with Gasteiger partial charge < -0.3 is 15.0 Å². The monoisotopic (exact) mass is 297 g/mol. The first-order valence-electron chi connectivity index (χ1n) is 7.28. The van der Waals surface area contributed by atoms with Gasteiger partial charge in [0.25, 0.3) is 0 Å². The van der Waals surface area contributed by atoms with Crippen LogP contribution in [0.5, 0.6) is 0 Å². The Kier molecular flexibility index (Phi) is 5.13. The van der Waals surface area contributed by atoms with E-state index in [2.05, 4.69) is 15.3 Å². The second-order valence-electron chi connectivity index (χ2n) is 5.40. The van der Waals surface area contributed by atoms with Crippen molar-refractivity contribution in [3.63, 3.8) is 0 Å². The Bertz CT molecular complexity index is 502. The number of aryl methyl sites for hydroxylation is 2. The molecule has 118 valence electrons. The van der Waals surface area contributed by atoms with Gasteiger partial charge in [0, 0.05) is 26.2 Å². The molecule has 1 saturated heterocycles. The van der Waals surface area contributed by atoms with E-state index in [0.717, 1.165) is 19.5 Å². The number of hydrogen-bond acceptors (Lipinski definition) is 6. The van der Waals surface area contributed by atoms with Crippen LogP contribution in [0, 0.1) is 17.0 Å². The summed E-state index contributed by atoms with van der Waals surface area (Å²) >= 11 is 0.